The van der Waals surface area contributed by atoms with Crippen LogP contribution < -0.4 is 5.73 Å². The van der Waals surface area contributed by atoms with E-state index >= 15 is 0 Å². The fourth-order valence-corrected chi connectivity index (χ4v) is 0.891. The maximum atomic E-state index is 10.9. The van der Waals surface area contributed by atoms with Crippen molar-refractivity contribution in [2.45, 2.75) is 13.0 Å². The van der Waals surface area contributed by atoms with Crippen molar-refractivity contribution in [3.63, 3.8) is 0 Å². The van der Waals surface area contributed by atoms with Crippen molar-refractivity contribution in [2.24, 2.45) is 10.1 Å². The Hall–Kier alpha value is -0.0900. The third kappa shape index (κ3) is 7.91. The van der Waals surface area contributed by atoms with Gasteiger partial charge in [0.05, 0.1) is 6.54 Å². The maximum Gasteiger partial charge on any atom is 0.0632 e. The molecule has 0 aromatic heterocycles. The number of nitrogens with zero attached hydrogens (tertiary/aromatic N) is 1. The molecular formula is C5H14N2OS. The lowest BCUT2D eigenvalue weighted by Crippen LogP contribution is -2.19. The summed E-state index contributed by atoms with van der Waals surface area (Å²) in [5, 5.41) is 0. The molecule has 0 aliphatic rings. The van der Waals surface area contributed by atoms with Crippen molar-refractivity contribution in [2.75, 3.05) is 19.1 Å². The summed E-state index contributed by atoms with van der Waals surface area (Å²) in [6.45, 7) is 2.33. The zero-order valence-corrected chi connectivity index (χ0v) is 6.94. The third-order valence-electron chi connectivity index (χ3n) is 0.673. The molecule has 0 saturated carbocycles. The van der Waals surface area contributed by atoms with Gasteiger partial charge in [0.2, 0.25) is 0 Å². The predicted molar refractivity (Wildman–Crippen MR) is 40.9 cm³/mol. The molecule has 4 heteroatoms. The molecule has 0 aromatic rings. The summed E-state index contributed by atoms with van der Waals surface area (Å²) in [4.78, 5) is 0. The van der Waals surface area contributed by atoms with Gasteiger partial charge in [-0.15, -0.1) is 0 Å². The summed E-state index contributed by atoms with van der Waals surface area (Å²) in [5.41, 5.74) is 5.38. The Morgan fingerprint density at radius 2 is 2.11 bits per heavy atom. The van der Waals surface area contributed by atoms with Gasteiger partial charge in [-0.05, 0) is 6.92 Å². The van der Waals surface area contributed by atoms with Crippen LogP contribution in [0.25, 0.3) is 0 Å². The average molecular weight is 150 g/mol. The summed E-state index contributed by atoms with van der Waals surface area (Å²) in [6, 6.07) is 0.0192. The number of nitrogens with two attached hydrogens (primary N) is 1. The first-order valence-corrected chi connectivity index (χ1v) is 5.13. The fourth-order valence-electron chi connectivity index (χ4n) is 0.297. The molecule has 0 fully saturated rings. The third-order valence-corrected chi connectivity index (χ3v) is 1.44. The second-order valence-electron chi connectivity index (χ2n) is 2.47. The Balaban J connectivity index is 3.87. The summed E-state index contributed by atoms with van der Waals surface area (Å²) in [5.74, 6) is 0. The fraction of sp³-hybridized carbons (Fsp3) is 1.00. The van der Waals surface area contributed by atoms with E-state index in [2.05, 4.69) is 4.36 Å². The average Bonchev–Trinajstić information content (AvgIpc) is 1.59. The van der Waals surface area contributed by atoms with Crippen molar-refractivity contribution in [3.8, 4) is 0 Å². The molecule has 1 atom stereocenters. The van der Waals surface area contributed by atoms with Crippen molar-refractivity contribution in [1.29, 1.82) is 0 Å². The molecule has 3 nitrogen and oxygen atoms in total. The van der Waals surface area contributed by atoms with Crippen LogP contribution in [0.1, 0.15) is 6.92 Å². The minimum Gasteiger partial charge on any atom is -0.326 e. The highest BCUT2D eigenvalue weighted by Crippen LogP contribution is 1.85. The molecule has 0 aliphatic heterocycles. The first kappa shape index (κ1) is 8.91. The summed E-state index contributed by atoms with van der Waals surface area (Å²) in [7, 11) is -1.92. The molecule has 0 aromatic carbocycles. The molecule has 0 aliphatic carbocycles. The Kier molecular flexibility index (Phi) is 3.14. The van der Waals surface area contributed by atoms with Gasteiger partial charge >= 0.3 is 0 Å². The molecule has 2 N–H and O–H groups in total. The van der Waals surface area contributed by atoms with Crippen LogP contribution in [0.2, 0.25) is 0 Å². The smallest absolute Gasteiger partial charge is 0.0632 e. The molecule has 0 rings (SSSR count). The highest BCUT2D eigenvalue weighted by molar-refractivity contribution is 7.92. The second-order valence-corrected chi connectivity index (χ2v) is 5.09. The Morgan fingerprint density at radius 1 is 1.67 bits per heavy atom. The van der Waals surface area contributed by atoms with E-state index in [1.165, 1.54) is 0 Å². The SMILES string of the molecule is C[C@H](N)CN=S(C)(C)=O. The van der Waals surface area contributed by atoms with Gasteiger partial charge in [0.1, 0.15) is 0 Å². The van der Waals surface area contributed by atoms with Crippen LogP contribution in [0.3, 0.4) is 0 Å². The van der Waals surface area contributed by atoms with Crippen LogP contribution >= 0.6 is 0 Å². The van der Waals surface area contributed by atoms with E-state index < -0.39 is 9.73 Å². The number of rotatable bonds is 2. The second kappa shape index (κ2) is 3.17. The normalized spacial score (nSPS) is 15.1. The quantitative estimate of drug-likeness (QED) is 0.605. The van der Waals surface area contributed by atoms with E-state index in [1.807, 2.05) is 6.92 Å². The standard InChI is InChI=1S/C5H14N2OS/c1-5(6)4-7-9(2,3)8/h5H,4,6H2,1-3H3/t5-/m0/s1. The lowest BCUT2D eigenvalue weighted by molar-refractivity contribution is 0.677. The van der Waals surface area contributed by atoms with Crippen LogP contribution in [-0.4, -0.2) is 29.3 Å². The molecule has 0 unspecified atom stereocenters. The van der Waals surface area contributed by atoms with Crippen molar-refractivity contribution in [1.82, 2.24) is 0 Å². The maximum absolute atomic E-state index is 10.9. The largest absolute Gasteiger partial charge is 0.326 e. The summed E-state index contributed by atoms with van der Waals surface area (Å²) >= 11 is 0. The molecular weight excluding hydrogens is 136 g/mol. The molecule has 9 heavy (non-hydrogen) atoms. The molecule has 56 valence electrons. The van der Waals surface area contributed by atoms with Gasteiger partial charge in [0.25, 0.3) is 0 Å². The van der Waals surface area contributed by atoms with Gasteiger partial charge in [-0.2, -0.15) is 0 Å². The van der Waals surface area contributed by atoms with E-state index in [9.17, 15) is 4.21 Å². The number of hydrogen-bond donors (Lipinski definition) is 1. The van der Waals surface area contributed by atoms with Gasteiger partial charge < -0.3 is 5.73 Å². The van der Waals surface area contributed by atoms with Crippen LogP contribution in [-0.2, 0) is 9.73 Å². The van der Waals surface area contributed by atoms with Gasteiger partial charge in [-0.3, -0.25) is 4.21 Å². The summed E-state index contributed by atoms with van der Waals surface area (Å²) < 4.78 is 14.7. The Bertz CT molecular complexity index is 171. The molecule has 0 amide bonds. The van der Waals surface area contributed by atoms with Gasteiger partial charge in [0.15, 0.2) is 0 Å². The molecule has 0 radical (unpaired) electrons. The summed E-state index contributed by atoms with van der Waals surface area (Å²) in [6.07, 6.45) is 3.21. The lowest BCUT2D eigenvalue weighted by atomic mass is 10.4. The minimum atomic E-state index is -1.92. The molecule has 0 bridgehead atoms. The first-order valence-electron chi connectivity index (χ1n) is 2.80. The molecule has 0 spiro atoms. The molecule has 0 saturated heterocycles. The highest BCUT2D eigenvalue weighted by atomic mass is 32.2. The topological polar surface area (TPSA) is 55.4 Å². The Labute approximate surface area is 56.8 Å². The Morgan fingerprint density at radius 3 is 2.22 bits per heavy atom. The van der Waals surface area contributed by atoms with Crippen molar-refractivity contribution in [3.05, 3.63) is 0 Å². The zero-order valence-electron chi connectivity index (χ0n) is 6.13. The van der Waals surface area contributed by atoms with E-state index in [0.717, 1.165) is 0 Å². The first-order chi connectivity index (χ1) is 3.92. The molecule has 0 heterocycles. The van der Waals surface area contributed by atoms with Crippen molar-refractivity contribution >= 4 is 9.73 Å². The van der Waals surface area contributed by atoms with Crippen LogP contribution in [0.15, 0.2) is 4.36 Å². The van der Waals surface area contributed by atoms with Gasteiger partial charge in [-0.25, -0.2) is 4.36 Å². The lowest BCUT2D eigenvalue weighted by Gasteiger charge is -1.99. The van der Waals surface area contributed by atoms with E-state index in [1.54, 1.807) is 12.5 Å². The number of hydrogen-bond acceptors (Lipinski definition) is 3. The van der Waals surface area contributed by atoms with Gasteiger partial charge in [-0.1, -0.05) is 0 Å². The van der Waals surface area contributed by atoms with Gasteiger partial charge in [0, 0.05) is 28.3 Å². The van der Waals surface area contributed by atoms with E-state index in [0.29, 0.717) is 6.54 Å². The zero-order chi connectivity index (χ0) is 7.49. The predicted octanol–water partition coefficient (Wildman–Crippen LogP) is 0.0612. The van der Waals surface area contributed by atoms with Crippen LogP contribution in [0.4, 0.5) is 0 Å². The van der Waals surface area contributed by atoms with E-state index in [4.69, 9.17) is 5.73 Å². The van der Waals surface area contributed by atoms with Crippen LogP contribution in [0, 0.1) is 0 Å². The van der Waals surface area contributed by atoms with E-state index in [-0.39, 0.29) is 6.04 Å². The minimum absolute atomic E-state index is 0.0192. The monoisotopic (exact) mass is 150 g/mol. The highest BCUT2D eigenvalue weighted by Gasteiger charge is 1.92. The van der Waals surface area contributed by atoms with Crippen molar-refractivity contribution < 1.29 is 4.21 Å². The van der Waals surface area contributed by atoms with Crippen LogP contribution in [0.5, 0.6) is 0 Å².